The van der Waals surface area contributed by atoms with Gasteiger partial charge in [0, 0.05) is 5.69 Å². The molecule has 1 amide bonds. The van der Waals surface area contributed by atoms with Gasteiger partial charge in [0.25, 0.3) is 0 Å². The molecule has 0 radical (unpaired) electrons. The van der Waals surface area contributed by atoms with E-state index in [-0.39, 0.29) is 18.4 Å². The number of carbonyl (C=O) groups excluding carboxylic acids is 1. The Kier molecular flexibility index (Phi) is 3.46. The lowest BCUT2D eigenvalue weighted by molar-refractivity contribution is -0.124. The van der Waals surface area contributed by atoms with Gasteiger partial charge in [-0.3, -0.25) is 10.1 Å². The molecule has 1 heterocycles. The number of carbonyl (C=O) groups is 1. The molecule has 1 fully saturated rings. The summed E-state index contributed by atoms with van der Waals surface area (Å²) < 4.78 is 5.06. The van der Waals surface area contributed by atoms with Crippen molar-refractivity contribution in [3.05, 3.63) is 24.3 Å². The van der Waals surface area contributed by atoms with Crippen molar-refractivity contribution in [2.75, 3.05) is 12.4 Å². The number of amides is 1. The van der Waals surface area contributed by atoms with E-state index in [2.05, 4.69) is 16.0 Å². The largest absolute Gasteiger partial charge is 0.497 e. The zero-order valence-electron chi connectivity index (χ0n) is 9.57. The predicted octanol–water partition coefficient (Wildman–Crippen LogP) is -0.215. The van der Waals surface area contributed by atoms with E-state index in [0.29, 0.717) is 6.42 Å². The predicted molar refractivity (Wildman–Crippen MR) is 64.3 cm³/mol. The second-order valence-electron chi connectivity index (χ2n) is 3.85. The maximum absolute atomic E-state index is 11.3. The highest BCUT2D eigenvalue weighted by Gasteiger charge is 2.22. The summed E-state index contributed by atoms with van der Waals surface area (Å²) in [4.78, 5) is 11.3. The van der Waals surface area contributed by atoms with Crippen LogP contribution >= 0.6 is 0 Å². The first-order valence-electron chi connectivity index (χ1n) is 5.39. The SMILES string of the molecule is COc1ccc(NC2NC(=O)CC(N)N2)cc1. The topological polar surface area (TPSA) is 88.4 Å². The second kappa shape index (κ2) is 5.03. The number of nitrogens with one attached hydrogen (secondary N) is 3. The highest BCUT2D eigenvalue weighted by Crippen LogP contribution is 2.15. The van der Waals surface area contributed by atoms with Gasteiger partial charge in [0.15, 0.2) is 6.29 Å². The molecule has 1 aliphatic rings. The van der Waals surface area contributed by atoms with Gasteiger partial charge in [-0.05, 0) is 24.3 Å². The van der Waals surface area contributed by atoms with Crippen LogP contribution in [0, 0.1) is 0 Å². The normalized spacial score (nSPS) is 24.0. The quantitative estimate of drug-likeness (QED) is 0.583. The summed E-state index contributed by atoms with van der Waals surface area (Å²) in [6.07, 6.45) is -0.375. The maximum Gasteiger partial charge on any atom is 0.225 e. The van der Waals surface area contributed by atoms with Gasteiger partial charge < -0.3 is 21.1 Å². The monoisotopic (exact) mass is 236 g/mol. The Hall–Kier alpha value is -1.79. The minimum atomic E-state index is -0.348. The van der Waals surface area contributed by atoms with Crippen molar-refractivity contribution in [1.29, 1.82) is 0 Å². The summed E-state index contributed by atoms with van der Waals surface area (Å²) in [5.41, 5.74) is 6.56. The van der Waals surface area contributed by atoms with E-state index in [1.165, 1.54) is 0 Å². The van der Waals surface area contributed by atoms with Crippen LogP contribution in [0.2, 0.25) is 0 Å². The molecular weight excluding hydrogens is 220 g/mol. The molecule has 1 aromatic rings. The van der Waals surface area contributed by atoms with Crippen LogP contribution in [0.4, 0.5) is 5.69 Å². The van der Waals surface area contributed by atoms with E-state index < -0.39 is 0 Å². The highest BCUT2D eigenvalue weighted by atomic mass is 16.5. The van der Waals surface area contributed by atoms with Crippen LogP contribution in [0.25, 0.3) is 0 Å². The van der Waals surface area contributed by atoms with Crippen molar-refractivity contribution >= 4 is 11.6 Å². The Labute approximate surface area is 99.5 Å². The summed E-state index contributed by atoms with van der Waals surface area (Å²) in [7, 11) is 1.62. The molecular formula is C11H16N4O2. The first kappa shape index (κ1) is 11.7. The zero-order chi connectivity index (χ0) is 12.3. The molecule has 5 N–H and O–H groups in total. The molecule has 17 heavy (non-hydrogen) atoms. The Morgan fingerprint density at radius 2 is 2.12 bits per heavy atom. The van der Waals surface area contributed by atoms with E-state index in [0.717, 1.165) is 11.4 Å². The molecule has 1 aromatic carbocycles. The zero-order valence-corrected chi connectivity index (χ0v) is 9.57. The van der Waals surface area contributed by atoms with Gasteiger partial charge in [0.2, 0.25) is 5.91 Å². The van der Waals surface area contributed by atoms with Crippen molar-refractivity contribution in [2.45, 2.75) is 18.9 Å². The van der Waals surface area contributed by atoms with Gasteiger partial charge >= 0.3 is 0 Å². The van der Waals surface area contributed by atoms with E-state index in [9.17, 15) is 4.79 Å². The van der Waals surface area contributed by atoms with Crippen LogP contribution < -0.4 is 26.4 Å². The molecule has 6 nitrogen and oxygen atoms in total. The Balaban J connectivity index is 1.97. The summed E-state index contributed by atoms with van der Waals surface area (Å²) in [6.45, 7) is 0. The average molecular weight is 236 g/mol. The van der Waals surface area contributed by atoms with Gasteiger partial charge in [-0.1, -0.05) is 0 Å². The molecule has 2 atom stereocenters. The summed E-state index contributed by atoms with van der Waals surface area (Å²) >= 11 is 0. The van der Waals surface area contributed by atoms with Crippen molar-refractivity contribution in [3.8, 4) is 5.75 Å². The van der Waals surface area contributed by atoms with Crippen molar-refractivity contribution in [3.63, 3.8) is 0 Å². The number of benzene rings is 1. The fraction of sp³-hybridized carbons (Fsp3) is 0.364. The van der Waals surface area contributed by atoms with E-state index >= 15 is 0 Å². The molecule has 0 spiro atoms. The third kappa shape index (κ3) is 3.08. The number of anilines is 1. The lowest BCUT2D eigenvalue weighted by Crippen LogP contribution is -2.62. The number of hydrogen-bond acceptors (Lipinski definition) is 5. The number of nitrogens with two attached hydrogens (primary N) is 1. The molecule has 0 aromatic heterocycles. The van der Waals surface area contributed by atoms with Crippen molar-refractivity contribution in [2.24, 2.45) is 5.73 Å². The van der Waals surface area contributed by atoms with Gasteiger partial charge in [-0.15, -0.1) is 0 Å². The molecule has 92 valence electrons. The van der Waals surface area contributed by atoms with Crippen LogP contribution in [0.3, 0.4) is 0 Å². The maximum atomic E-state index is 11.3. The van der Waals surface area contributed by atoms with Gasteiger partial charge in [-0.2, -0.15) is 0 Å². The molecule has 0 bridgehead atoms. The third-order valence-corrected chi connectivity index (χ3v) is 2.49. The molecule has 6 heteroatoms. The van der Waals surface area contributed by atoms with E-state index in [1.807, 2.05) is 24.3 Å². The van der Waals surface area contributed by atoms with Crippen LogP contribution in [0.5, 0.6) is 5.75 Å². The number of methoxy groups -OCH3 is 1. The lowest BCUT2D eigenvalue weighted by atomic mass is 10.2. The summed E-state index contributed by atoms with van der Waals surface area (Å²) in [5.74, 6) is 0.718. The Bertz CT molecular complexity index is 393. The second-order valence-corrected chi connectivity index (χ2v) is 3.85. The minimum Gasteiger partial charge on any atom is -0.497 e. The fourth-order valence-electron chi connectivity index (χ4n) is 1.67. The van der Waals surface area contributed by atoms with E-state index in [1.54, 1.807) is 7.11 Å². The standard InChI is InChI=1S/C11H16N4O2/c1-17-8-4-2-7(3-5-8)13-11-14-9(12)6-10(16)15-11/h2-5,9,11,13-14H,6,12H2,1H3,(H,15,16). The van der Waals surface area contributed by atoms with Crippen molar-refractivity contribution < 1.29 is 9.53 Å². The highest BCUT2D eigenvalue weighted by molar-refractivity contribution is 5.78. The van der Waals surface area contributed by atoms with Gasteiger partial charge in [-0.25, -0.2) is 0 Å². The summed E-state index contributed by atoms with van der Waals surface area (Å²) in [6, 6.07) is 7.42. The van der Waals surface area contributed by atoms with Crippen LogP contribution in [0.15, 0.2) is 24.3 Å². The fourth-order valence-corrected chi connectivity index (χ4v) is 1.67. The summed E-state index contributed by atoms with van der Waals surface area (Å²) in [5, 5.41) is 8.89. The Morgan fingerprint density at radius 1 is 1.41 bits per heavy atom. The smallest absolute Gasteiger partial charge is 0.225 e. The van der Waals surface area contributed by atoms with Crippen LogP contribution in [-0.2, 0) is 4.79 Å². The van der Waals surface area contributed by atoms with Crippen LogP contribution in [-0.4, -0.2) is 25.5 Å². The third-order valence-electron chi connectivity index (χ3n) is 2.49. The molecule has 1 aliphatic heterocycles. The average Bonchev–Trinajstić information content (AvgIpc) is 2.28. The minimum absolute atomic E-state index is 0.0674. The van der Waals surface area contributed by atoms with Gasteiger partial charge in [0.05, 0.1) is 19.7 Å². The van der Waals surface area contributed by atoms with Crippen LogP contribution in [0.1, 0.15) is 6.42 Å². The number of ether oxygens (including phenoxy) is 1. The Morgan fingerprint density at radius 3 is 2.71 bits per heavy atom. The molecule has 0 saturated carbocycles. The molecule has 1 saturated heterocycles. The number of hydrogen-bond donors (Lipinski definition) is 4. The van der Waals surface area contributed by atoms with Crippen molar-refractivity contribution in [1.82, 2.24) is 10.6 Å². The number of rotatable bonds is 3. The van der Waals surface area contributed by atoms with Gasteiger partial charge in [0.1, 0.15) is 5.75 Å². The molecule has 2 rings (SSSR count). The molecule has 2 unspecified atom stereocenters. The molecule has 0 aliphatic carbocycles. The van der Waals surface area contributed by atoms with E-state index in [4.69, 9.17) is 10.5 Å². The first-order chi connectivity index (χ1) is 8.17. The first-order valence-corrected chi connectivity index (χ1v) is 5.39. The lowest BCUT2D eigenvalue weighted by Gasteiger charge is -2.30.